The summed E-state index contributed by atoms with van der Waals surface area (Å²) in [6, 6.07) is 21.7. The van der Waals surface area contributed by atoms with E-state index in [1.54, 1.807) is 12.1 Å². The Kier molecular flexibility index (Phi) is 14.2. The SMILES string of the molecule is CC(C)CCC[C@@H](C)[C@H]1CC[C@H]2[C@@H]3CC=C4C[C@@H](OC(=O)CCC(=O)ONC(=O)c5ccc(CN(CCO)Cc6ccc7ccccc7c6)cc5)CC[C@]4(C)[C@H]3CC[C@]12C. The number of allylic oxidation sites excluding steroid dienone is 1. The van der Waals surface area contributed by atoms with E-state index in [0.29, 0.717) is 36.5 Å². The first-order valence-electron chi connectivity index (χ1n) is 23.1. The largest absolute Gasteiger partial charge is 0.462 e. The van der Waals surface area contributed by atoms with Gasteiger partial charge < -0.3 is 14.7 Å². The van der Waals surface area contributed by atoms with Crippen molar-refractivity contribution in [3.63, 3.8) is 0 Å². The number of hydroxylamine groups is 1. The van der Waals surface area contributed by atoms with Gasteiger partial charge in [0.2, 0.25) is 0 Å². The number of nitrogens with zero attached hydrogens (tertiary/aromatic N) is 1. The number of carbonyl (C=O) groups is 3. The van der Waals surface area contributed by atoms with Crippen molar-refractivity contribution in [2.75, 3.05) is 13.2 Å². The van der Waals surface area contributed by atoms with Gasteiger partial charge in [0.05, 0.1) is 19.4 Å². The van der Waals surface area contributed by atoms with Crippen LogP contribution in [0.5, 0.6) is 0 Å². The van der Waals surface area contributed by atoms with Crippen LogP contribution < -0.4 is 5.48 Å². The molecule has 3 aromatic carbocycles. The standard InChI is InChI=1S/C52H70N2O6/c1-35(2)9-8-10-36(3)45-21-22-46-44-20-19-42-32-43(25-27-51(42,4)47(44)26-28-52(45,46)5)59-48(56)23-24-49(57)60-53-50(58)40-17-13-37(14-18-40)33-54(29-30-55)34-38-15-16-39-11-6-7-12-41(39)31-38/h6-7,11-19,31,35-36,43-47,55H,8-10,20-30,32-34H2,1-5H3,(H,53,58)/t36-,43+,44+,45-,46+,47+,51+,52-/m1/s1. The van der Waals surface area contributed by atoms with Crippen LogP contribution in [0.3, 0.4) is 0 Å². The minimum atomic E-state index is -0.689. The predicted molar refractivity (Wildman–Crippen MR) is 237 cm³/mol. The van der Waals surface area contributed by atoms with Crippen molar-refractivity contribution in [2.45, 2.75) is 137 Å². The molecule has 60 heavy (non-hydrogen) atoms. The first kappa shape index (κ1) is 44.1. The van der Waals surface area contributed by atoms with Crippen LogP contribution in [0, 0.1) is 46.3 Å². The first-order valence-corrected chi connectivity index (χ1v) is 23.1. The van der Waals surface area contributed by atoms with Gasteiger partial charge in [-0.3, -0.25) is 14.5 Å². The van der Waals surface area contributed by atoms with Crippen LogP contribution in [-0.4, -0.2) is 47.1 Å². The van der Waals surface area contributed by atoms with Gasteiger partial charge >= 0.3 is 11.9 Å². The summed E-state index contributed by atoms with van der Waals surface area (Å²) in [6.07, 6.45) is 15.4. The molecule has 7 rings (SSSR count). The minimum absolute atomic E-state index is 0.0368. The third kappa shape index (κ3) is 10.0. The number of esters is 1. The number of fused-ring (bicyclic) bond motifs is 6. The lowest BCUT2D eigenvalue weighted by molar-refractivity contribution is -0.157. The van der Waals surface area contributed by atoms with E-state index in [9.17, 15) is 19.5 Å². The number of aliphatic hydroxyl groups excluding tert-OH is 1. The van der Waals surface area contributed by atoms with E-state index in [2.05, 4.69) is 81.4 Å². The van der Waals surface area contributed by atoms with E-state index in [1.165, 1.54) is 61.3 Å². The molecule has 1 amide bonds. The number of aliphatic hydroxyl groups is 1. The molecule has 0 radical (unpaired) electrons. The molecule has 0 saturated heterocycles. The van der Waals surface area contributed by atoms with Gasteiger partial charge in [-0.2, -0.15) is 5.48 Å². The molecule has 3 fully saturated rings. The Morgan fingerprint density at radius 3 is 2.33 bits per heavy atom. The maximum atomic E-state index is 12.9. The highest BCUT2D eigenvalue weighted by molar-refractivity contribution is 5.94. The van der Waals surface area contributed by atoms with E-state index < -0.39 is 17.8 Å². The first-order chi connectivity index (χ1) is 28.9. The Morgan fingerprint density at radius 1 is 0.833 bits per heavy atom. The van der Waals surface area contributed by atoms with Gasteiger partial charge in [0.25, 0.3) is 5.91 Å². The van der Waals surface area contributed by atoms with Gasteiger partial charge in [0, 0.05) is 31.6 Å². The molecule has 2 N–H and O–H groups in total. The van der Waals surface area contributed by atoms with Crippen molar-refractivity contribution in [3.05, 3.63) is 95.1 Å². The molecular formula is C52H70N2O6. The lowest BCUT2D eigenvalue weighted by Gasteiger charge is -2.58. The van der Waals surface area contributed by atoms with Gasteiger partial charge in [-0.05, 0) is 131 Å². The summed E-state index contributed by atoms with van der Waals surface area (Å²) in [7, 11) is 0. The van der Waals surface area contributed by atoms with Crippen LogP contribution in [0.2, 0.25) is 0 Å². The highest BCUT2D eigenvalue weighted by Gasteiger charge is 2.59. The van der Waals surface area contributed by atoms with Crippen molar-refractivity contribution in [3.8, 4) is 0 Å². The Hall–Kier alpha value is -4.01. The number of hydrogen-bond donors (Lipinski definition) is 2. The maximum absolute atomic E-state index is 12.9. The lowest BCUT2D eigenvalue weighted by Crippen LogP contribution is -2.51. The molecule has 0 aromatic heterocycles. The fraction of sp³-hybridized carbons (Fsp3) is 0.596. The molecule has 324 valence electrons. The molecule has 0 heterocycles. The summed E-state index contributed by atoms with van der Waals surface area (Å²) < 4.78 is 5.95. The summed E-state index contributed by atoms with van der Waals surface area (Å²) in [5, 5.41) is 12.1. The molecule has 3 aromatic rings. The van der Waals surface area contributed by atoms with E-state index >= 15 is 0 Å². The van der Waals surface area contributed by atoms with Gasteiger partial charge in [0.15, 0.2) is 0 Å². The fourth-order valence-corrected chi connectivity index (χ4v) is 12.4. The number of amides is 1. The van der Waals surface area contributed by atoms with Crippen molar-refractivity contribution in [1.29, 1.82) is 0 Å². The van der Waals surface area contributed by atoms with Crippen LogP contribution in [0.1, 0.15) is 140 Å². The number of benzene rings is 3. The Bertz CT molecular complexity index is 1990. The summed E-state index contributed by atoms with van der Waals surface area (Å²) in [6.45, 7) is 14.2. The second-order valence-electron chi connectivity index (χ2n) is 19.9. The van der Waals surface area contributed by atoms with Gasteiger partial charge in [-0.15, -0.1) is 0 Å². The average Bonchev–Trinajstić information content (AvgIpc) is 3.59. The second kappa shape index (κ2) is 19.4. The third-order valence-corrected chi connectivity index (χ3v) is 15.6. The Balaban J connectivity index is 0.831. The van der Waals surface area contributed by atoms with E-state index in [0.717, 1.165) is 66.4 Å². The second-order valence-corrected chi connectivity index (χ2v) is 19.9. The van der Waals surface area contributed by atoms with Gasteiger partial charge in [-0.1, -0.05) is 114 Å². The van der Waals surface area contributed by atoms with E-state index in [-0.39, 0.29) is 31.0 Å². The molecule has 8 heteroatoms. The van der Waals surface area contributed by atoms with Crippen LogP contribution >= 0.6 is 0 Å². The number of rotatable bonds is 16. The quantitative estimate of drug-likeness (QED) is 0.0842. The average molecular weight is 819 g/mol. The zero-order chi connectivity index (χ0) is 42.4. The highest BCUT2D eigenvalue weighted by Crippen LogP contribution is 2.67. The summed E-state index contributed by atoms with van der Waals surface area (Å²) in [5.74, 6) is 3.10. The lowest BCUT2D eigenvalue weighted by atomic mass is 9.47. The highest BCUT2D eigenvalue weighted by atomic mass is 16.7. The smallest absolute Gasteiger partial charge is 0.332 e. The Morgan fingerprint density at radius 2 is 1.57 bits per heavy atom. The normalized spacial score (nSPS) is 27.7. The maximum Gasteiger partial charge on any atom is 0.332 e. The molecule has 0 spiro atoms. The molecule has 0 bridgehead atoms. The zero-order valence-corrected chi connectivity index (χ0v) is 36.9. The summed E-state index contributed by atoms with van der Waals surface area (Å²) >= 11 is 0. The molecule has 0 aliphatic heterocycles. The van der Waals surface area contributed by atoms with Crippen molar-refractivity contribution >= 4 is 28.6 Å². The number of nitrogens with one attached hydrogen (secondary N) is 1. The van der Waals surface area contributed by atoms with E-state index in [1.807, 2.05) is 24.3 Å². The molecule has 4 aliphatic rings. The third-order valence-electron chi connectivity index (χ3n) is 15.6. The molecule has 3 saturated carbocycles. The molecule has 8 nitrogen and oxygen atoms in total. The topological polar surface area (TPSA) is 105 Å². The van der Waals surface area contributed by atoms with Crippen molar-refractivity contribution in [1.82, 2.24) is 10.4 Å². The Labute approximate surface area is 358 Å². The van der Waals surface area contributed by atoms with Crippen LogP contribution in [0.25, 0.3) is 10.8 Å². The number of hydrogen-bond acceptors (Lipinski definition) is 7. The summed E-state index contributed by atoms with van der Waals surface area (Å²) in [4.78, 5) is 45.5. The number of ether oxygens (including phenoxy) is 1. The van der Waals surface area contributed by atoms with E-state index in [4.69, 9.17) is 9.57 Å². The van der Waals surface area contributed by atoms with Crippen LogP contribution in [0.15, 0.2) is 78.4 Å². The predicted octanol–water partition coefficient (Wildman–Crippen LogP) is 10.8. The molecule has 4 aliphatic carbocycles. The van der Waals surface area contributed by atoms with Gasteiger partial charge in [0.1, 0.15) is 6.10 Å². The minimum Gasteiger partial charge on any atom is -0.462 e. The fourth-order valence-electron chi connectivity index (χ4n) is 12.4. The van der Waals surface area contributed by atoms with Crippen molar-refractivity contribution in [2.24, 2.45) is 46.3 Å². The monoisotopic (exact) mass is 819 g/mol. The van der Waals surface area contributed by atoms with Crippen molar-refractivity contribution < 1.29 is 29.1 Å². The molecule has 8 atom stereocenters. The zero-order valence-electron chi connectivity index (χ0n) is 36.9. The van der Waals surface area contributed by atoms with Crippen LogP contribution in [-0.2, 0) is 32.3 Å². The molecule has 0 unspecified atom stereocenters. The van der Waals surface area contributed by atoms with Gasteiger partial charge in [-0.25, -0.2) is 4.79 Å². The molecular weight excluding hydrogens is 749 g/mol. The summed E-state index contributed by atoms with van der Waals surface area (Å²) in [5.41, 5.74) is 6.84. The number of carbonyl (C=O) groups excluding carboxylic acids is 3. The van der Waals surface area contributed by atoms with Crippen LogP contribution in [0.4, 0.5) is 0 Å².